The molecule has 3 atom stereocenters. The molecule has 0 saturated carbocycles. The second kappa shape index (κ2) is 7.68. The van der Waals surface area contributed by atoms with Gasteiger partial charge in [-0.2, -0.15) is 0 Å². The van der Waals surface area contributed by atoms with Gasteiger partial charge in [0.05, 0.1) is 18.7 Å². The first-order chi connectivity index (χ1) is 14.6. The molecule has 8 nitrogen and oxygen atoms in total. The number of hydrogen-bond donors (Lipinski definition) is 2. The highest BCUT2D eigenvalue weighted by molar-refractivity contribution is 6.00. The van der Waals surface area contributed by atoms with E-state index in [1.807, 2.05) is 28.8 Å². The number of pyridine rings is 1. The van der Waals surface area contributed by atoms with Gasteiger partial charge in [0.15, 0.2) is 6.17 Å². The maximum atomic E-state index is 13.5. The van der Waals surface area contributed by atoms with E-state index >= 15 is 0 Å². The van der Waals surface area contributed by atoms with Crippen LogP contribution >= 0.6 is 0 Å². The van der Waals surface area contributed by atoms with Crippen molar-refractivity contribution in [1.82, 2.24) is 20.1 Å². The molecule has 0 aliphatic carbocycles. The van der Waals surface area contributed by atoms with Crippen molar-refractivity contribution in [3.05, 3.63) is 46.4 Å². The van der Waals surface area contributed by atoms with E-state index in [4.69, 9.17) is 4.99 Å². The molecule has 0 amide bonds. The monoisotopic (exact) mass is 405 g/mol. The van der Waals surface area contributed by atoms with Gasteiger partial charge in [0.2, 0.25) is 0 Å². The molecule has 2 aromatic rings. The number of rotatable bonds is 3. The van der Waals surface area contributed by atoms with E-state index in [2.05, 4.69) is 45.6 Å². The number of nitrogens with one attached hydrogen (secondary N) is 2. The van der Waals surface area contributed by atoms with Crippen LogP contribution in [-0.4, -0.2) is 60.3 Å². The molecule has 0 spiro atoms. The first kappa shape index (κ1) is 19.0. The van der Waals surface area contributed by atoms with E-state index in [0.717, 1.165) is 48.2 Å². The lowest BCUT2D eigenvalue weighted by Crippen LogP contribution is -2.49. The van der Waals surface area contributed by atoms with Gasteiger partial charge in [-0.25, -0.2) is 9.98 Å². The van der Waals surface area contributed by atoms with E-state index in [9.17, 15) is 4.79 Å². The summed E-state index contributed by atoms with van der Waals surface area (Å²) < 4.78 is 2.01. The Labute approximate surface area is 175 Å². The van der Waals surface area contributed by atoms with Gasteiger partial charge in [-0.1, -0.05) is 18.2 Å². The van der Waals surface area contributed by atoms with Gasteiger partial charge >= 0.3 is 0 Å². The standard InChI is InChI=1S/C22H27N7O/c1-14(27-21-19-20(24-12-23-19)25-13-26-21)18-11-15-5-3-4-6-17(15)22(30)29(18)16-7-9-28(2)10-8-16/h3-6,11-14,16,19-20H,7-10H2,1-2H3,(H,23,24)(H,25,26,27). The summed E-state index contributed by atoms with van der Waals surface area (Å²) in [5, 5.41) is 8.12. The third-order valence-electron chi connectivity index (χ3n) is 6.32. The van der Waals surface area contributed by atoms with E-state index < -0.39 is 0 Å². The average molecular weight is 406 g/mol. The third kappa shape index (κ3) is 3.31. The number of benzene rings is 1. The Balaban J connectivity index is 1.58. The minimum Gasteiger partial charge on any atom is -0.363 e. The Hall–Kier alpha value is -3.00. The van der Waals surface area contributed by atoms with Crippen molar-refractivity contribution >= 4 is 29.3 Å². The predicted octanol–water partition coefficient (Wildman–Crippen LogP) is 1.69. The Morgan fingerprint density at radius 3 is 2.77 bits per heavy atom. The molecule has 3 unspecified atom stereocenters. The van der Waals surface area contributed by atoms with Crippen LogP contribution < -0.4 is 16.2 Å². The molecule has 3 aliphatic heterocycles. The summed E-state index contributed by atoms with van der Waals surface area (Å²) in [6.45, 7) is 4.05. The van der Waals surface area contributed by atoms with Crippen LogP contribution in [0.5, 0.6) is 0 Å². The summed E-state index contributed by atoms with van der Waals surface area (Å²) in [5.41, 5.74) is 1.05. The number of hydrogen-bond acceptors (Lipinski definition) is 6. The van der Waals surface area contributed by atoms with E-state index in [1.54, 1.807) is 12.7 Å². The third-order valence-corrected chi connectivity index (χ3v) is 6.32. The quantitative estimate of drug-likeness (QED) is 0.814. The zero-order valence-electron chi connectivity index (χ0n) is 17.3. The minimum absolute atomic E-state index is 0.0820. The van der Waals surface area contributed by atoms with Gasteiger partial charge in [0.25, 0.3) is 5.56 Å². The maximum Gasteiger partial charge on any atom is 0.258 e. The Morgan fingerprint density at radius 2 is 1.93 bits per heavy atom. The summed E-state index contributed by atoms with van der Waals surface area (Å²) >= 11 is 0. The van der Waals surface area contributed by atoms with Gasteiger partial charge in [-0.3, -0.25) is 9.79 Å². The van der Waals surface area contributed by atoms with Crippen molar-refractivity contribution < 1.29 is 0 Å². The summed E-state index contributed by atoms with van der Waals surface area (Å²) in [5.74, 6) is 0.801. The van der Waals surface area contributed by atoms with E-state index in [-0.39, 0.29) is 29.9 Å². The van der Waals surface area contributed by atoms with Crippen molar-refractivity contribution in [2.45, 2.75) is 44.1 Å². The second-order valence-corrected chi connectivity index (χ2v) is 8.32. The molecule has 8 heteroatoms. The van der Waals surface area contributed by atoms with Crippen LogP contribution in [0.4, 0.5) is 0 Å². The molecule has 5 rings (SSSR count). The molecular formula is C22H27N7O. The van der Waals surface area contributed by atoms with Crippen molar-refractivity contribution in [1.29, 1.82) is 0 Å². The van der Waals surface area contributed by atoms with Gasteiger partial charge in [-0.15, -0.1) is 0 Å². The highest BCUT2D eigenvalue weighted by Crippen LogP contribution is 2.28. The Bertz CT molecular complexity index is 1090. The Kier molecular flexibility index (Phi) is 4.86. The molecule has 0 radical (unpaired) electrons. The topological polar surface area (TPSA) is 86.4 Å². The van der Waals surface area contributed by atoms with Crippen LogP contribution in [0, 0.1) is 0 Å². The van der Waals surface area contributed by atoms with Crippen molar-refractivity contribution in [2.75, 3.05) is 20.1 Å². The summed E-state index contributed by atoms with van der Waals surface area (Å²) in [6, 6.07) is 9.91. The fraction of sp³-hybridized carbons (Fsp3) is 0.455. The van der Waals surface area contributed by atoms with E-state index in [0.29, 0.717) is 0 Å². The van der Waals surface area contributed by atoms with E-state index in [1.165, 1.54) is 0 Å². The predicted molar refractivity (Wildman–Crippen MR) is 121 cm³/mol. The lowest BCUT2D eigenvalue weighted by atomic mass is 10.0. The van der Waals surface area contributed by atoms with Crippen LogP contribution in [0.2, 0.25) is 0 Å². The van der Waals surface area contributed by atoms with Crippen molar-refractivity contribution in [3.63, 3.8) is 0 Å². The summed E-state index contributed by atoms with van der Waals surface area (Å²) in [7, 11) is 2.14. The van der Waals surface area contributed by atoms with Crippen LogP contribution in [0.1, 0.15) is 37.5 Å². The van der Waals surface area contributed by atoms with Gasteiger partial charge in [0, 0.05) is 17.1 Å². The fourth-order valence-corrected chi connectivity index (χ4v) is 4.62. The van der Waals surface area contributed by atoms with Crippen molar-refractivity contribution in [3.8, 4) is 0 Å². The summed E-state index contributed by atoms with van der Waals surface area (Å²) in [4.78, 5) is 29.5. The molecule has 156 valence electrons. The minimum atomic E-state index is -0.181. The number of amidine groups is 1. The maximum absolute atomic E-state index is 13.5. The van der Waals surface area contributed by atoms with Crippen LogP contribution in [0.15, 0.2) is 50.1 Å². The van der Waals surface area contributed by atoms with Crippen LogP contribution in [-0.2, 0) is 0 Å². The largest absolute Gasteiger partial charge is 0.363 e. The fourth-order valence-electron chi connectivity index (χ4n) is 4.62. The second-order valence-electron chi connectivity index (χ2n) is 8.32. The molecule has 1 saturated heterocycles. The molecule has 3 aliphatic rings. The number of likely N-dealkylation sites (tertiary alicyclic amines) is 1. The Morgan fingerprint density at radius 1 is 1.17 bits per heavy atom. The molecule has 2 N–H and O–H groups in total. The molecule has 1 aromatic heterocycles. The normalized spacial score (nSPS) is 26.5. The van der Waals surface area contributed by atoms with Crippen LogP contribution in [0.25, 0.3) is 10.8 Å². The van der Waals surface area contributed by atoms with Gasteiger partial charge < -0.3 is 20.1 Å². The number of piperidine rings is 1. The molecule has 1 aromatic carbocycles. The zero-order valence-corrected chi connectivity index (χ0v) is 17.3. The molecule has 4 heterocycles. The first-order valence-electron chi connectivity index (χ1n) is 10.6. The lowest BCUT2D eigenvalue weighted by molar-refractivity contribution is 0.216. The molecular weight excluding hydrogens is 378 g/mol. The van der Waals surface area contributed by atoms with Crippen molar-refractivity contribution in [2.24, 2.45) is 15.0 Å². The first-order valence-corrected chi connectivity index (χ1v) is 10.6. The lowest BCUT2D eigenvalue weighted by Gasteiger charge is -2.33. The SMILES string of the molecule is CC(N=C1NC=NC2N=CNC12)c1cc2ccccc2c(=O)n1C1CCN(C)CC1. The average Bonchev–Trinajstić information content (AvgIpc) is 3.24. The highest BCUT2D eigenvalue weighted by Gasteiger charge is 2.31. The smallest absolute Gasteiger partial charge is 0.258 e. The van der Waals surface area contributed by atoms with Crippen LogP contribution in [0.3, 0.4) is 0 Å². The molecule has 30 heavy (non-hydrogen) atoms. The zero-order chi connectivity index (χ0) is 20.7. The number of aromatic nitrogens is 1. The summed E-state index contributed by atoms with van der Waals surface area (Å²) in [6.07, 6.45) is 5.10. The molecule has 1 fully saturated rings. The number of fused-ring (bicyclic) bond motifs is 2. The number of aliphatic imine (C=N–C) groups is 3. The highest BCUT2D eigenvalue weighted by atomic mass is 16.1. The van der Waals surface area contributed by atoms with Gasteiger partial charge in [-0.05, 0) is 57.4 Å². The number of nitrogens with zero attached hydrogens (tertiary/aromatic N) is 5. The molecule has 0 bridgehead atoms. The van der Waals surface area contributed by atoms with Gasteiger partial charge in [0.1, 0.15) is 11.9 Å².